The van der Waals surface area contributed by atoms with Gasteiger partial charge in [-0.15, -0.1) is 0 Å². The Bertz CT molecular complexity index is 507. The molecule has 1 aromatic carbocycles. The molecule has 0 aliphatic heterocycles. The van der Waals surface area contributed by atoms with Crippen molar-refractivity contribution in [3.05, 3.63) is 40.9 Å². The van der Waals surface area contributed by atoms with E-state index in [1.165, 1.54) is 16.9 Å². The van der Waals surface area contributed by atoms with Crippen LogP contribution in [0.3, 0.4) is 0 Å². The number of carbonyl (C=O) groups excluding carboxylic acids is 1. The molecule has 0 radical (unpaired) electrons. The number of hydrogen-bond donors (Lipinski definition) is 0. The first kappa shape index (κ1) is 10.8. The Morgan fingerprint density at radius 1 is 1.44 bits per heavy atom. The van der Waals surface area contributed by atoms with E-state index >= 15 is 0 Å². The van der Waals surface area contributed by atoms with E-state index in [0.29, 0.717) is 4.88 Å². The molecule has 0 aliphatic carbocycles. The van der Waals surface area contributed by atoms with Crippen LogP contribution in [-0.4, -0.2) is 18.3 Å². The number of hydrogen-bond acceptors (Lipinski definition) is 4. The van der Waals surface area contributed by atoms with Gasteiger partial charge in [0.2, 0.25) is 0 Å². The van der Waals surface area contributed by atoms with Crippen molar-refractivity contribution in [2.75, 3.05) is 11.9 Å². The fraction of sp³-hybridized carbons (Fsp3) is 0.167. The molecule has 0 saturated heterocycles. The first-order valence-corrected chi connectivity index (χ1v) is 5.74. The van der Waals surface area contributed by atoms with Gasteiger partial charge in [-0.3, -0.25) is 4.79 Å². The van der Waals surface area contributed by atoms with Gasteiger partial charge in [-0.25, -0.2) is 4.98 Å². The van der Waals surface area contributed by atoms with Crippen LogP contribution in [0.15, 0.2) is 30.5 Å². The van der Waals surface area contributed by atoms with Gasteiger partial charge in [0.15, 0.2) is 11.4 Å². The fourth-order valence-corrected chi connectivity index (χ4v) is 2.15. The highest BCUT2D eigenvalue weighted by atomic mass is 32.1. The monoisotopic (exact) mass is 232 g/mol. The Labute approximate surface area is 98.4 Å². The number of aldehydes is 1. The van der Waals surface area contributed by atoms with Gasteiger partial charge in [0.1, 0.15) is 0 Å². The van der Waals surface area contributed by atoms with Crippen molar-refractivity contribution in [2.24, 2.45) is 0 Å². The molecule has 4 heteroatoms. The van der Waals surface area contributed by atoms with Crippen molar-refractivity contribution >= 4 is 28.4 Å². The van der Waals surface area contributed by atoms with Crippen LogP contribution in [0, 0.1) is 6.92 Å². The van der Waals surface area contributed by atoms with E-state index in [1.54, 1.807) is 6.20 Å². The van der Waals surface area contributed by atoms with Crippen molar-refractivity contribution in [3.8, 4) is 0 Å². The second kappa shape index (κ2) is 4.45. The van der Waals surface area contributed by atoms with Crippen LogP contribution in [0.25, 0.3) is 0 Å². The van der Waals surface area contributed by atoms with Crippen molar-refractivity contribution in [1.82, 2.24) is 4.98 Å². The molecule has 82 valence electrons. The number of aromatic nitrogens is 1. The van der Waals surface area contributed by atoms with E-state index < -0.39 is 0 Å². The summed E-state index contributed by atoms with van der Waals surface area (Å²) in [6.45, 7) is 2.05. The zero-order chi connectivity index (χ0) is 11.5. The van der Waals surface area contributed by atoms with Crippen LogP contribution >= 0.6 is 11.3 Å². The largest absolute Gasteiger partial charge is 0.321 e. The third-order valence-corrected chi connectivity index (χ3v) is 3.30. The lowest BCUT2D eigenvalue weighted by Gasteiger charge is -2.15. The molecule has 0 saturated carbocycles. The summed E-state index contributed by atoms with van der Waals surface area (Å²) in [5.41, 5.74) is 2.28. The Balaban J connectivity index is 2.31. The van der Waals surface area contributed by atoms with Crippen LogP contribution in [-0.2, 0) is 0 Å². The van der Waals surface area contributed by atoms with Gasteiger partial charge >= 0.3 is 0 Å². The zero-order valence-electron chi connectivity index (χ0n) is 9.18. The molecular formula is C12H12N2OS. The fourth-order valence-electron chi connectivity index (χ4n) is 1.43. The molecule has 2 rings (SSSR count). The lowest BCUT2D eigenvalue weighted by atomic mass is 10.2. The molecule has 1 aromatic heterocycles. The SMILES string of the molecule is Cc1cccc(N(C)c2ncc(C=O)s2)c1. The molecule has 0 N–H and O–H groups in total. The smallest absolute Gasteiger partial charge is 0.190 e. The van der Waals surface area contributed by atoms with Gasteiger partial charge in [-0.1, -0.05) is 23.5 Å². The minimum atomic E-state index is 0.648. The molecule has 16 heavy (non-hydrogen) atoms. The topological polar surface area (TPSA) is 33.2 Å². The van der Waals surface area contributed by atoms with Crippen molar-refractivity contribution in [2.45, 2.75) is 6.92 Å². The third kappa shape index (κ3) is 2.12. The molecule has 0 atom stereocenters. The van der Waals surface area contributed by atoms with Crippen molar-refractivity contribution in [1.29, 1.82) is 0 Å². The van der Waals surface area contributed by atoms with E-state index in [0.717, 1.165) is 17.1 Å². The van der Waals surface area contributed by atoms with Gasteiger partial charge in [0.25, 0.3) is 0 Å². The van der Waals surface area contributed by atoms with E-state index in [4.69, 9.17) is 0 Å². The highest BCUT2D eigenvalue weighted by Gasteiger charge is 2.08. The lowest BCUT2D eigenvalue weighted by molar-refractivity contribution is 0.112. The van der Waals surface area contributed by atoms with Crippen LogP contribution in [0.4, 0.5) is 10.8 Å². The quantitative estimate of drug-likeness (QED) is 0.763. The first-order chi connectivity index (χ1) is 7.70. The van der Waals surface area contributed by atoms with Crippen LogP contribution in [0.1, 0.15) is 15.2 Å². The Kier molecular flexibility index (Phi) is 3.01. The molecule has 0 amide bonds. The van der Waals surface area contributed by atoms with Gasteiger partial charge < -0.3 is 4.90 Å². The number of thiazole rings is 1. The van der Waals surface area contributed by atoms with Gasteiger partial charge in [-0.05, 0) is 24.6 Å². The summed E-state index contributed by atoms with van der Waals surface area (Å²) in [7, 11) is 1.95. The van der Waals surface area contributed by atoms with Crippen LogP contribution < -0.4 is 4.90 Å². The average molecular weight is 232 g/mol. The molecular weight excluding hydrogens is 220 g/mol. The van der Waals surface area contributed by atoms with E-state index in [-0.39, 0.29) is 0 Å². The Morgan fingerprint density at radius 2 is 2.25 bits per heavy atom. The summed E-state index contributed by atoms with van der Waals surface area (Å²) < 4.78 is 0. The maximum Gasteiger partial charge on any atom is 0.190 e. The number of nitrogens with zero attached hydrogens (tertiary/aromatic N) is 2. The normalized spacial score (nSPS) is 10.1. The zero-order valence-corrected chi connectivity index (χ0v) is 9.99. The maximum absolute atomic E-state index is 10.6. The van der Waals surface area contributed by atoms with E-state index in [1.807, 2.05) is 24.1 Å². The molecule has 0 bridgehead atoms. The van der Waals surface area contributed by atoms with Crippen LogP contribution in [0.5, 0.6) is 0 Å². The molecule has 0 aliphatic rings. The van der Waals surface area contributed by atoms with Crippen molar-refractivity contribution in [3.63, 3.8) is 0 Å². The summed E-state index contributed by atoms with van der Waals surface area (Å²) in [4.78, 5) is 17.4. The number of anilines is 2. The number of aryl methyl sites for hydroxylation is 1. The van der Waals surface area contributed by atoms with Crippen molar-refractivity contribution < 1.29 is 4.79 Å². The highest BCUT2D eigenvalue weighted by Crippen LogP contribution is 2.27. The summed E-state index contributed by atoms with van der Waals surface area (Å²) in [6, 6.07) is 8.17. The molecule has 2 aromatic rings. The molecule has 0 spiro atoms. The van der Waals surface area contributed by atoms with E-state index in [2.05, 4.69) is 24.0 Å². The van der Waals surface area contributed by atoms with Gasteiger partial charge in [0, 0.05) is 12.7 Å². The summed E-state index contributed by atoms with van der Waals surface area (Å²) in [5, 5.41) is 0.827. The van der Waals surface area contributed by atoms with E-state index in [9.17, 15) is 4.79 Å². The summed E-state index contributed by atoms with van der Waals surface area (Å²) >= 11 is 1.39. The molecule has 1 heterocycles. The Hall–Kier alpha value is -1.68. The Morgan fingerprint density at radius 3 is 2.88 bits per heavy atom. The number of carbonyl (C=O) groups is 1. The van der Waals surface area contributed by atoms with Crippen LogP contribution in [0.2, 0.25) is 0 Å². The highest BCUT2D eigenvalue weighted by molar-refractivity contribution is 7.17. The average Bonchev–Trinajstić information content (AvgIpc) is 2.76. The lowest BCUT2D eigenvalue weighted by Crippen LogP contribution is -2.08. The second-order valence-corrected chi connectivity index (χ2v) is 4.60. The minimum Gasteiger partial charge on any atom is -0.321 e. The first-order valence-electron chi connectivity index (χ1n) is 4.92. The second-order valence-electron chi connectivity index (χ2n) is 3.56. The predicted octanol–water partition coefficient (Wildman–Crippen LogP) is 3.03. The van der Waals surface area contributed by atoms with Gasteiger partial charge in [-0.2, -0.15) is 0 Å². The molecule has 0 unspecified atom stereocenters. The minimum absolute atomic E-state index is 0.648. The molecule has 3 nitrogen and oxygen atoms in total. The summed E-state index contributed by atoms with van der Waals surface area (Å²) in [6.07, 6.45) is 2.42. The predicted molar refractivity (Wildman–Crippen MR) is 66.7 cm³/mol. The maximum atomic E-state index is 10.6. The number of benzene rings is 1. The third-order valence-electron chi connectivity index (χ3n) is 2.30. The standard InChI is InChI=1S/C12H12N2OS/c1-9-4-3-5-10(6-9)14(2)12-13-7-11(8-15)16-12/h3-8H,1-2H3. The van der Waals surface area contributed by atoms with Gasteiger partial charge in [0.05, 0.1) is 11.1 Å². The molecule has 0 fully saturated rings. The summed E-state index contributed by atoms with van der Waals surface area (Å²) in [5.74, 6) is 0. The number of rotatable bonds is 3.